The Bertz CT molecular complexity index is 796. The summed E-state index contributed by atoms with van der Waals surface area (Å²) in [6.07, 6.45) is 2.49. The van der Waals surface area contributed by atoms with Gasteiger partial charge >= 0.3 is 0 Å². The fourth-order valence-electron chi connectivity index (χ4n) is 4.12. The molecule has 0 saturated carbocycles. The van der Waals surface area contributed by atoms with Gasteiger partial charge in [0.2, 0.25) is 0 Å². The van der Waals surface area contributed by atoms with Crippen LogP contribution in [0.5, 0.6) is 0 Å². The van der Waals surface area contributed by atoms with E-state index in [1.165, 1.54) is 17.7 Å². The van der Waals surface area contributed by atoms with E-state index in [0.717, 1.165) is 57.4 Å². The Morgan fingerprint density at radius 3 is 2.64 bits per heavy atom. The average Bonchev–Trinajstić information content (AvgIpc) is 3.18. The van der Waals surface area contributed by atoms with Crippen molar-refractivity contribution in [2.24, 2.45) is 5.92 Å². The lowest BCUT2D eigenvalue weighted by molar-refractivity contribution is -0.384. The fraction of sp³-hybridized carbons (Fsp3) is 0.524. The van der Waals surface area contributed by atoms with Crippen LogP contribution in [0.3, 0.4) is 0 Å². The molecule has 2 aromatic rings. The summed E-state index contributed by atoms with van der Waals surface area (Å²) in [5, 5.41) is 11.3. The number of hydrogen-bond donors (Lipinski definition) is 0. The minimum atomic E-state index is -0.300. The number of piperazine rings is 1. The van der Waals surface area contributed by atoms with E-state index in [2.05, 4.69) is 15.9 Å². The Kier molecular flexibility index (Phi) is 6.36. The Morgan fingerprint density at radius 1 is 1.11 bits per heavy atom. The number of para-hydroxylation sites is 1. The van der Waals surface area contributed by atoms with Crippen molar-refractivity contribution in [3.05, 3.63) is 51.4 Å². The first-order chi connectivity index (χ1) is 13.7. The molecule has 7 heteroatoms. The van der Waals surface area contributed by atoms with Crippen molar-refractivity contribution in [3.8, 4) is 10.4 Å². The van der Waals surface area contributed by atoms with Crippen molar-refractivity contribution in [2.75, 3.05) is 45.9 Å². The maximum atomic E-state index is 11.3. The van der Waals surface area contributed by atoms with Gasteiger partial charge in [-0.1, -0.05) is 12.1 Å². The third kappa shape index (κ3) is 4.78. The summed E-state index contributed by atoms with van der Waals surface area (Å²) < 4.78 is 5.61. The third-order valence-electron chi connectivity index (χ3n) is 5.64. The van der Waals surface area contributed by atoms with Gasteiger partial charge in [-0.15, -0.1) is 11.3 Å². The number of nitro groups is 1. The van der Waals surface area contributed by atoms with Gasteiger partial charge in [-0.3, -0.25) is 15.0 Å². The van der Waals surface area contributed by atoms with E-state index in [1.54, 1.807) is 23.5 Å². The molecule has 2 saturated heterocycles. The highest BCUT2D eigenvalue weighted by Gasteiger charge is 2.22. The molecule has 0 spiro atoms. The minimum absolute atomic E-state index is 0.177. The number of hydrogen-bond acceptors (Lipinski definition) is 6. The first-order valence-electron chi connectivity index (χ1n) is 10.0. The van der Waals surface area contributed by atoms with Gasteiger partial charge in [-0.05, 0) is 37.0 Å². The van der Waals surface area contributed by atoms with Crippen molar-refractivity contribution in [3.63, 3.8) is 0 Å². The molecule has 1 aromatic carbocycles. The number of thiophene rings is 1. The molecule has 1 atom stereocenters. The number of nitrogens with zero attached hydrogens (tertiary/aromatic N) is 3. The number of ether oxygens (including phenoxy) is 1. The van der Waals surface area contributed by atoms with E-state index in [4.69, 9.17) is 4.74 Å². The van der Waals surface area contributed by atoms with E-state index in [-0.39, 0.29) is 10.6 Å². The van der Waals surface area contributed by atoms with Crippen molar-refractivity contribution in [2.45, 2.75) is 19.4 Å². The van der Waals surface area contributed by atoms with E-state index < -0.39 is 0 Å². The molecule has 150 valence electrons. The molecule has 1 aromatic heterocycles. The normalized spacial score (nSPS) is 21.6. The molecule has 4 rings (SSSR count). The molecule has 0 aliphatic carbocycles. The highest BCUT2D eigenvalue weighted by atomic mass is 32.1. The van der Waals surface area contributed by atoms with Crippen molar-refractivity contribution in [1.82, 2.24) is 9.80 Å². The predicted molar refractivity (Wildman–Crippen MR) is 112 cm³/mol. The molecule has 28 heavy (non-hydrogen) atoms. The number of rotatable bonds is 6. The van der Waals surface area contributed by atoms with E-state index in [9.17, 15) is 10.1 Å². The maximum absolute atomic E-state index is 11.3. The van der Waals surface area contributed by atoms with Crippen LogP contribution in [-0.4, -0.2) is 60.7 Å². The molecule has 0 unspecified atom stereocenters. The van der Waals surface area contributed by atoms with Gasteiger partial charge in [0.15, 0.2) is 0 Å². The highest BCUT2D eigenvalue weighted by molar-refractivity contribution is 7.15. The van der Waals surface area contributed by atoms with Crippen molar-refractivity contribution >= 4 is 17.0 Å². The Labute approximate surface area is 169 Å². The summed E-state index contributed by atoms with van der Waals surface area (Å²) in [5.41, 5.74) is 0.888. The summed E-state index contributed by atoms with van der Waals surface area (Å²) in [6, 6.07) is 11.1. The van der Waals surface area contributed by atoms with E-state index >= 15 is 0 Å². The van der Waals surface area contributed by atoms with Crippen LogP contribution in [-0.2, 0) is 11.3 Å². The van der Waals surface area contributed by atoms with Gasteiger partial charge in [0.1, 0.15) is 0 Å². The summed E-state index contributed by atoms with van der Waals surface area (Å²) in [4.78, 5) is 18.3. The molecule has 0 radical (unpaired) electrons. The lowest BCUT2D eigenvalue weighted by atomic mass is 10.0. The fourth-order valence-corrected chi connectivity index (χ4v) is 5.20. The maximum Gasteiger partial charge on any atom is 0.278 e. The molecule has 3 heterocycles. The third-order valence-corrected chi connectivity index (χ3v) is 6.75. The SMILES string of the molecule is O=[N+]([O-])c1ccccc1-c1ccc(CN2CCN(C[C@H]3CCCOC3)CC2)s1. The Hall–Kier alpha value is -1.80. The van der Waals surface area contributed by atoms with Crippen LogP contribution in [0.4, 0.5) is 5.69 Å². The Morgan fingerprint density at radius 2 is 1.89 bits per heavy atom. The molecule has 2 fully saturated rings. The van der Waals surface area contributed by atoms with Crippen LogP contribution in [0.15, 0.2) is 36.4 Å². The van der Waals surface area contributed by atoms with Gasteiger partial charge in [-0.2, -0.15) is 0 Å². The molecule has 0 amide bonds. The second-order valence-corrected chi connectivity index (χ2v) is 8.87. The molecule has 0 N–H and O–H groups in total. The smallest absolute Gasteiger partial charge is 0.278 e. The number of nitro benzene ring substituents is 1. The van der Waals surface area contributed by atoms with Gasteiger partial charge in [0.25, 0.3) is 5.69 Å². The van der Waals surface area contributed by atoms with Crippen molar-refractivity contribution in [1.29, 1.82) is 0 Å². The summed E-state index contributed by atoms with van der Waals surface area (Å²) >= 11 is 1.66. The second-order valence-electron chi connectivity index (χ2n) is 7.70. The van der Waals surface area contributed by atoms with Crippen molar-refractivity contribution < 1.29 is 9.66 Å². The van der Waals surface area contributed by atoms with Crippen LogP contribution in [0.1, 0.15) is 17.7 Å². The zero-order valence-electron chi connectivity index (χ0n) is 16.1. The largest absolute Gasteiger partial charge is 0.381 e. The molecular weight excluding hydrogens is 374 g/mol. The summed E-state index contributed by atoms with van der Waals surface area (Å²) in [5.74, 6) is 0.696. The minimum Gasteiger partial charge on any atom is -0.381 e. The predicted octanol–water partition coefficient (Wildman–Crippen LogP) is 3.87. The molecule has 2 aliphatic heterocycles. The van der Waals surface area contributed by atoms with Crippen LogP contribution in [0, 0.1) is 16.0 Å². The van der Waals surface area contributed by atoms with Gasteiger partial charge < -0.3 is 9.64 Å². The molecule has 2 aliphatic rings. The Balaban J connectivity index is 1.31. The monoisotopic (exact) mass is 401 g/mol. The van der Waals surface area contributed by atoms with Crippen LogP contribution < -0.4 is 0 Å². The van der Waals surface area contributed by atoms with Gasteiger partial charge in [-0.25, -0.2) is 0 Å². The molecular formula is C21H27N3O3S. The summed E-state index contributed by atoms with van der Waals surface area (Å²) in [6.45, 7) is 8.31. The standard InChI is InChI=1S/C21H27N3O3S/c25-24(26)20-6-2-1-5-19(20)21-8-7-18(28-21)15-23-11-9-22(10-12-23)14-17-4-3-13-27-16-17/h1-2,5-8,17H,3-4,9-16H2/t17-/m1/s1. The van der Waals surface area contributed by atoms with Crippen LogP contribution in [0.25, 0.3) is 10.4 Å². The molecule has 0 bridgehead atoms. The second kappa shape index (κ2) is 9.13. The van der Waals surface area contributed by atoms with Gasteiger partial charge in [0.05, 0.1) is 17.1 Å². The highest BCUT2D eigenvalue weighted by Crippen LogP contribution is 2.35. The average molecular weight is 402 g/mol. The first kappa shape index (κ1) is 19.5. The lowest BCUT2D eigenvalue weighted by Gasteiger charge is -2.37. The number of benzene rings is 1. The zero-order valence-corrected chi connectivity index (χ0v) is 16.9. The van der Waals surface area contributed by atoms with Crippen LogP contribution in [0.2, 0.25) is 0 Å². The quantitative estimate of drug-likeness (QED) is 0.543. The summed E-state index contributed by atoms with van der Waals surface area (Å²) in [7, 11) is 0. The lowest BCUT2D eigenvalue weighted by Crippen LogP contribution is -2.47. The van der Waals surface area contributed by atoms with E-state index in [1.807, 2.05) is 18.2 Å². The van der Waals surface area contributed by atoms with Gasteiger partial charge in [0, 0.05) is 61.7 Å². The topological polar surface area (TPSA) is 58.9 Å². The zero-order chi connectivity index (χ0) is 19.3. The molecule has 6 nitrogen and oxygen atoms in total. The first-order valence-corrected chi connectivity index (χ1v) is 10.9. The van der Waals surface area contributed by atoms with Crippen LogP contribution >= 0.6 is 11.3 Å². The van der Waals surface area contributed by atoms with E-state index in [0.29, 0.717) is 11.5 Å².